The molecule has 1 aliphatic rings. The van der Waals surface area contributed by atoms with Crippen molar-refractivity contribution in [3.8, 4) is 0 Å². The van der Waals surface area contributed by atoms with Crippen LogP contribution in [0.1, 0.15) is 23.1 Å². The van der Waals surface area contributed by atoms with Crippen molar-refractivity contribution in [1.82, 2.24) is 0 Å². The maximum atomic E-state index is 12.7. The van der Waals surface area contributed by atoms with Crippen LogP contribution in [0.4, 0.5) is 0 Å². The quantitative estimate of drug-likeness (QED) is 0.402. The molecular weight excluding hydrogens is 356 g/mol. The van der Waals surface area contributed by atoms with E-state index in [-0.39, 0.29) is 5.97 Å². The minimum absolute atomic E-state index is 0.316. The lowest BCUT2D eigenvalue weighted by Crippen LogP contribution is -2.15. The molecule has 0 N–H and O–H groups in total. The van der Waals surface area contributed by atoms with Crippen LogP contribution in [0.2, 0.25) is 5.02 Å². The van der Waals surface area contributed by atoms with Gasteiger partial charge in [0, 0.05) is 28.2 Å². The lowest BCUT2D eigenvalue weighted by atomic mass is 9.91. The van der Waals surface area contributed by atoms with Crippen LogP contribution in [0.3, 0.4) is 0 Å². The molecule has 3 heteroatoms. The fraction of sp³-hybridized carbons (Fsp3) is 0.0417. The number of cyclic esters (lactones) is 1. The summed E-state index contributed by atoms with van der Waals surface area (Å²) in [6, 6.07) is 27.2. The molecule has 0 saturated heterocycles. The predicted octanol–water partition coefficient (Wildman–Crippen LogP) is 6.24. The van der Waals surface area contributed by atoms with E-state index in [0.29, 0.717) is 22.8 Å². The first kappa shape index (κ1) is 17.3. The summed E-state index contributed by atoms with van der Waals surface area (Å²) in [7, 11) is 0. The number of halogens is 1. The number of rotatable bonds is 3. The Morgan fingerprint density at radius 2 is 1.37 bits per heavy atom. The molecule has 0 unspecified atom stereocenters. The Kier molecular flexibility index (Phi) is 4.91. The lowest BCUT2D eigenvalue weighted by Gasteiger charge is -2.22. The molecule has 0 bridgehead atoms. The SMILES string of the molecule is O=C1OC(c2ccccc2)=C(c2ccccc2)C/C1=C/c1ccc(Cl)cc1. The highest BCUT2D eigenvalue weighted by molar-refractivity contribution is 6.30. The summed E-state index contributed by atoms with van der Waals surface area (Å²) < 4.78 is 5.79. The van der Waals surface area contributed by atoms with Crippen molar-refractivity contribution in [2.24, 2.45) is 0 Å². The van der Waals surface area contributed by atoms with E-state index in [0.717, 1.165) is 22.3 Å². The zero-order valence-corrected chi connectivity index (χ0v) is 15.3. The zero-order chi connectivity index (χ0) is 18.6. The van der Waals surface area contributed by atoms with Crippen molar-refractivity contribution >= 4 is 35.0 Å². The van der Waals surface area contributed by atoms with Crippen LogP contribution in [-0.2, 0) is 9.53 Å². The summed E-state index contributed by atoms with van der Waals surface area (Å²) in [6.07, 6.45) is 2.37. The monoisotopic (exact) mass is 372 g/mol. The van der Waals surface area contributed by atoms with Gasteiger partial charge in [-0.3, -0.25) is 0 Å². The van der Waals surface area contributed by atoms with Gasteiger partial charge in [0.1, 0.15) is 5.76 Å². The molecule has 1 heterocycles. The third-order valence-corrected chi connectivity index (χ3v) is 4.72. The average Bonchev–Trinajstić information content (AvgIpc) is 2.72. The molecule has 27 heavy (non-hydrogen) atoms. The Bertz CT molecular complexity index is 1020. The molecule has 0 fully saturated rings. The van der Waals surface area contributed by atoms with Crippen molar-refractivity contribution in [3.63, 3.8) is 0 Å². The van der Waals surface area contributed by atoms with Crippen LogP contribution in [0.5, 0.6) is 0 Å². The highest BCUT2D eigenvalue weighted by Crippen LogP contribution is 2.37. The predicted molar refractivity (Wildman–Crippen MR) is 110 cm³/mol. The number of hydrogen-bond donors (Lipinski definition) is 0. The maximum absolute atomic E-state index is 12.7. The number of benzene rings is 3. The third-order valence-electron chi connectivity index (χ3n) is 4.47. The van der Waals surface area contributed by atoms with Gasteiger partial charge in [-0.15, -0.1) is 0 Å². The molecule has 3 aromatic carbocycles. The van der Waals surface area contributed by atoms with Crippen LogP contribution in [0.15, 0.2) is 90.5 Å². The Labute approximate surface area is 163 Å². The molecule has 0 amide bonds. The summed E-state index contributed by atoms with van der Waals surface area (Å²) in [6.45, 7) is 0. The van der Waals surface area contributed by atoms with Crippen LogP contribution in [0, 0.1) is 0 Å². The van der Waals surface area contributed by atoms with Crippen LogP contribution >= 0.6 is 11.6 Å². The first-order valence-electron chi connectivity index (χ1n) is 8.73. The van der Waals surface area contributed by atoms with Gasteiger partial charge >= 0.3 is 5.97 Å². The van der Waals surface area contributed by atoms with E-state index in [2.05, 4.69) is 0 Å². The summed E-state index contributed by atoms with van der Waals surface area (Å²) >= 11 is 5.95. The van der Waals surface area contributed by atoms with E-state index < -0.39 is 0 Å². The van der Waals surface area contributed by atoms with Crippen molar-refractivity contribution in [2.45, 2.75) is 6.42 Å². The maximum Gasteiger partial charge on any atom is 0.339 e. The van der Waals surface area contributed by atoms with E-state index in [9.17, 15) is 4.79 Å². The second-order valence-corrected chi connectivity index (χ2v) is 6.76. The normalized spacial score (nSPS) is 15.7. The molecule has 0 saturated carbocycles. The summed E-state index contributed by atoms with van der Waals surface area (Å²) in [5.74, 6) is 0.309. The number of carbonyl (C=O) groups excluding carboxylic acids is 1. The second kappa shape index (κ2) is 7.65. The Balaban J connectivity index is 1.80. The molecule has 0 radical (unpaired) electrons. The largest absolute Gasteiger partial charge is 0.422 e. The van der Waals surface area contributed by atoms with Gasteiger partial charge in [0.2, 0.25) is 0 Å². The number of allylic oxidation sites excluding steroid dienone is 1. The molecule has 2 nitrogen and oxygen atoms in total. The minimum Gasteiger partial charge on any atom is -0.422 e. The molecule has 0 atom stereocenters. The van der Waals surface area contributed by atoms with Crippen LogP contribution in [0.25, 0.3) is 17.4 Å². The summed E-state index contributed by atoms with van der Waals surface area (Å²) in [5.41, 5.74) is 4.49. The number of hydrogen-bond acceptors (Lipinski definition) is 2. The van der Waals surface area contributed by atoms with E-state index in [1.54, 1.807) is 0 Å². The van der Waals surface area contributed by atoms with Gasteiger partial charge in [0.05, 0.1) is 0 Å². The molecule has 132 valence electrons. The molecule has 4 rings (SSSR count). The van der Waals surface area contributed by atoms with Crippen molar-refractivity contribution in [1.29, 1.82) is 0 Å². The highest BCUT2D eigenvalue weighted by atomic mass is 35.5. The van der Waals surface area contributed by atoms with Gasteiger partial charge in [0.15, 0.2) is 0 Å². The first-order valence-corrected chi connectivity index (χ1v) is 9.11. The molecule has 3 aromatic rings. The van der Waals surface area contributed by atoms with Gasteiger partial charge in [-0.1, -0.05) is 84.4 Å². The smallest absolute Gasteiger partial charge is 0.339 e. The Morgan fingerprint density at radius 3 is 2.00 bits per heavy atom. The fourth-order valence-electron chi connectivity index (χ4n) is 3.13. The number of carbonyl (C=O) groups is 1. The van der Waals surface area contributed by atoms with Crippen LogP contribution in [-0.4, -0.2) is 5.97 Å². The molecule has 0 aliphatic carbocycles. The highest BCUT2D eigenvalue weighted by Gasteiger charge is 2.26. The fourth-order valence-corrected chi connectivity index (χ4v) is 3.25. The Hall–Kier alpha value is -3.10. The Morgan fingerprint density at radius 1 is 0.778 bits per heavy atom. The minimum atomic E-state index is -0.316. The van der Waals surface area contributed by atoms with E-state index in [1.807, 2.05) is 91.0 Å². The van der Waals surface area contributed by atoms with Crippen molar-refractivity contribution < 1.29 is 9.53 Å². The first-order chi connectivity index (χ1) is 13.2. The zero-order valence-electron chi connectivity index (χ0n) is 14.6. The van der Waals surface area contributed by atoms with Gasteiger partial charge < -0.3 is 4.74 Å². The van der Waals surface area contributed by atoms with E-state index in [1.165, 1.54) is 0 Å². The van der Waals surface area contributed by atoms with Gasteiger partial charge in [-0.2, -0.15) is 0 Å². The van der Waals surface area contributed by atoms with Gasteiger partial charge in [-0.05, 0) is 29.3 Å². The van der Waals surface area contributed by atoms with Crippen molar-refractivity contribution in [3.05, 3.63) is 112 Å². The number of esters is 1. The number of ether oxygens (including phenoxy) is 1. The molecule has 1 aliphatic heterocycles. The standard InChI is InChI=1S/C24H17ClO2/c25-21-13-11-17(12-14-21)15-20-16-22(18-7-3-1-4-8-18)23(27-24(20)26)19-9-5-2-6-10-19/h1-15H,16H2/b20-15-. The third kappa shape index (κ3) is 3.86. The molecule has 0 aromatic heterocycles. The average molecular weight is 373 g/mol. The molecule has 0 spiro atoms. The molecular formula is C24H17ClO2. The van der Waals surface area contributed by atoms with E-state index in [4.69, 9.17) is 16.3 Å². The summed E-state index contributed by atoms with van der Waals surface area (Å²) in [4.78, 5) is 12.7. The van der Waals surface area contributed by atoms with Gasteiger partial charge in [0.25, 0.3) is 0 Å². The van der Waals surface area contributed by atoms with Crippen molar-refractivity contribution in [2.75, 3.05) is 0 Å². The van der Waals surface area contributed by atoms with Gasteiger partial charge in [-0.25, -0.2) is 4.79 Å². The summed E-state index contributed by atoms with van der Waals surface area (Å²) in [5, 5.41) is 0.666. The van der Waals surface area contributed by atoms with Crippen LogP contribution < -0.4 is 0 Å². The lowest BCUT2D eigenvalue weighted by molar-refractivity contribution is -0.132. The topological polar surface area (TPSA) is 26.3 Å². The van der Waals surface area contributed by atoms with E-state index >= 15 is 0 Å². The second-order valence-electron chi connectivity index (χ2n) is 6.33.